The van der Waals surface area contributed by atoms with Crippen LogP contribution in [0.1, 0.15) is 41.5 Å². The minimum atomic E-state index is -2.44. The Kier molecular flexibility index (Phi) is 13.1. The molecule has 0 aliphatic carbocycles. The third kappa shape index (κ3) is 8.14. The SMILES string of the molecule is CCCS(CCC)(CCC)O[P+](=O)O.[H-].[Na+]. The van der Waals surface area contributed by atoms with Crippen LogP contribution in [0, 0.1) is 0 Å². The first kappa shape index (κ1) is 18.7. The molecule has 1 atom stereocenters. The van der Waals surface area contributed by atoms with Gasteiger partial charge in [0.25, 0.3) is 0 Å². The van der Waals surface area contributed by atoms with Gasteiger partial charge in [-0.3, -0.25) is 0 Å². The van der Waals surface area contributed by atoms with E-state index in [9.17, 15) is 4.57 Å². The summed E-state index contributed by atoms with van der Waals surface area (Å²) in [7, 11) is -3.72. The van der Waals surface area contributed by atoms with Gasteiger partial charge in [0.1, 0.15) is 0 Å². The Morgan fingerprint density at radius 2 is 1.47 bits per heavy atom. The van der Waals surface area contributed by atoms with Gasteiger partial charge in [0, 0.05) is 21.8 Å². The fraction of sp³-hybridized carbons (Fsp3) is 1.00. The van der Waals surface area contributed by atoms with Crippen LogP contribution >= 0.6 is 18.6 Å². The van der Waals surface area contributed by atoms with E-state index in [0.29, 0.717) is 0 Å². The van der Waals surface area contributed by atoms with E-state index in [1.54, 1.807) is 0 Å². The Morgan fingerprint density at radius 3 is 1.67 bits per heavy atom. The quantitative estimate of drug-likeness (QED) is 0.519. The number of rotatable bonds is 8. The smallest absolute Gasteiger partial charge is 1.00 e. The molecule has 0 aliphatic heterocycles. The predicted octanol–water partition coefficient (Wildman–Crippen LogP) is 0.719. The van der Waals surface area contributed by atoms with Crippen LogP contribution in [0.2, 0.25) is 0 Å². The number of hydrogen-bond acceptors (Lipinski definition) is 2. The van der Waals surface area contributed by atoms with Gasteiger partial charge in [0.2, 0.25) is 0 Å². The molecule has 0 amide bonds. The summed E-state index contributed by atoms with van der Waals surface area (Å²) in [6, 6.07) is 0. The van der Waals surface area contributed by atoms with Crippen LogP contribution in [-0.2, 0) is 8.54 Å². The van der Waals surface area contributed by atoms with E-state index in [1.165, 1.54) is 0 Å². The topological polar surface area (TPSA) is 46.5 Å². The van der Waals surface area contributed by atoms with Crippen molar-refractivity contribution in [3.8, 4) is 0 Å². The van der Waals surface area contributed by atoms with E-state index in [1.807, 2.05) is 0 Å². The molecule has 0 radical (unpaired) electrons. The molecule has 1 N–H and O–H groups in total. The molecule has 15 heavy (non-hydrogen) atoms. The van der Waals surface area contributed by atoms with E-state index in [4.69, 9.17) is 8.86 Å². The maximum absolute atomic E-state index is 10.8. The number of hydrogen-bond donors (Lipinski definition) is 1. The van der Waals surface area contributed by atoms with Crippen molar-refractivity contribution in [2.24, 2.45) is 0 Å². The summed E-state index contributed by atoms with van der Waals surface area (Å²) in [5, 5.41) is 0. The van der Waals surface area contributed by atoms with Crippen LogP contribution in [0.25, 0.3) is 0 Å². The molecule has 3 nitrogen and oxygen atoms in total. The Balaban J connectivity index is -0.000000845. The monoisotopic (exact) mass is 265 g/mol. The molecule has 6 heteroatoms. The summed E-state index contributed by atoms with van der Waals surface area (Å²) in [6.07, 6.45) is 3.08. The molecule has 0 aromatic heterocycles. The summed E-state index contributed by atoms with van der Waals surface area (Å²) in [5.41, 5.74) is 0. The van der Waals surface area contributed by atoms with Gasteiger partial charge in [-0.2, -0.15) is 0 Å². The van der Waals surface area contributed by atoms with Gasteiger partial charge >= 0.3 is 37.8 Å². The van der Waals surface area contributed by atoms with Crippen molar-refractivity contribution < 1.29 is 44.4 Å². The Morgan fingerprint density at radius 1 is 1.13 bits per heavy atom. The summed E-state index contributed by atoms with van der Waals surface area (Å²) >= 11 is 0. The zero-order chi connectivity index (χ0) is 11.0. The first-order chi connectivity index (χ1) is 6.60. The molecule has 0 spiro atoms. The zero-order valence-corrected chi connectivity index (χ0v) is 14.1. The average Bonchev–Trinajstić information content (AvgIpc) is 2.03. The molecule has 0 bridgehead atoms. The van der Waals surface area contributed by atoms with E-state index < -0.39 is 18.6 Å². The van der Waals surface area contributed by atoms with Crippen LogP contribution < -0.4 is 29.6 Å². The van der Waals surface area contributed by atoms with E-state index in [2.05, 4.69) is 20.8 Å². The largest absolute Gasteiger partial charge is 1.00 e. The molecular weight excluding hydrogens is 242 g/mol. The summed E-state index contributed by atoms with van der Waals surface area (Å²) < 4.78 is 16.1. The first-order valence-electron chi connectivity index (χ1n) is 5.22. The van der Waals surface area contributed by atoms with Crippen molar-refractivity contribution in [2.75, 3.05) is 17.3 Å². The summed E-state index contributed by atoms with van der Waals surface area (Å²) in [6.45, 7) is 6.29. The van der Waals surface area contributed by atoms with Gasteiger partial charge in [-0.25, -0.2) is 0 Å². The van der Waals surface area contributed by atoms with Gasteiger partial charge in [-0.15, -0.1) is 4.89 Å². The molecule has 0 saturated heterocycles. The molecule has 0 aromatic rings. The van der Waals surface area contributed by atoms with E-state index in [-0.39, 0.29) is 31.0 Å². The van der Waals surface area contributed by atoms with Gasteiger partial charge in [-0.05, 0) is 19.3 Å². The Bertz CT molecular complexity index is 169. The van der Waals surface area contributed by atoms with Gasteiger partial charge in [0.15, 0.2) is 0 Å². The van der Waals surface area contributed by atoms with Crippen LogP contribution in [0.4, 0.5) is 0 Å². The Hall–Kier alpha value is 1.37. The average molecular weight is 265 g/mol. The molecule has 88 valence electrons. The van der Waals surface area contributed by atoms with Gasteiger partial charge < -0.3 is 1.43 Å². The van der Waals surface area contributed by atoms with Crippen molar-refractivity contribution in [3.63, 3.8) is 0 Å². The van der Waals surface area contributed by atoms with Crippen molar-refractivity contribution in [1.29, 1.82) is 0 Å². The molecule has 0 aromatic carbocycles. The molecule has 0 saturated carbocycles. The second-order valence-electron chi connectivity index (χ2n) is 3.39. The maximum Gasteiger partial charge on any atom is 1.00 e. The fourth-order valence-corrected chi connectivity index (χ4v) is 6.49. The molecule has 0 heterocycles. The Labute approximate surface area is 120 Å². The molecule has 1 unspecified atom stereocenters. The van der Waals surface area contributed by atoms with Crippen molar-refractivity contribution >= 4 is 18.6 Å². The summed E-state index contributed by atoms with van der Waals surface area (Å²) in [4.78, 5) is 8.88. The van der Waals surface area contributed by atoms with E-state index >= 15 is 0 Å². The second kappa shape index (κ2) is 10.5. The van der Waals surface area contributed by atoms with Crippen LogP contribution in [-0.4, -0.2) is 22.2 Å². The zero-order valence-electron chi connectivity index (χ0n) is 11.4. The normalized spacial score (nSPS) is 13.2. The van der Waals surface area contributed by atoms with Crippen LogP contribution in [0.5, 0.6) is 0 Å². The minimum Gasteiger partial charge on any atom is -1.00 e. The third-order valence-corrected chi connectivity index (χ3v) is 7.18. The van der Waals surface area contributed by atoms with Crippen molar-refractivity contribution in [1.82, 2.24) is 0 Å². The van der Waals surface area contributed by atoms with Gasteiger partial charge in [0.05, 0.1) is 0 Å². The fourth-order valence-electron chi connectivity index (χ4n) is 1.67. The van der Waals surface area contributed by atoms with Crippen LogP contribution in [0.3, 0.4) is 0 Å². The minimum absolute atomic E-state index is 0. The first-order valence-corrected chi connectivity index (χ1v) is 8.41. The van der Waals surface area contributed by atoms with Crippen molar-refractivity contribution in [3.05, 3.63) is 0 Å². The standard InChI is InChI=1S/C9H21O3PS.Na.H/c1-4-7-14(8-5-2,9-6-3)12-13(10)11;;/h4-9H2,1-3H3;;/q;+1;-1/p+1. The van der Waals surface area contributed by atoms with Crippen molar-refractivity contribution in [2.45, 2.75) is 40.0 Å². The van der Waals surface area contributed by atoms with Gasteiger partial charge in [-0.1, -0.05) is 35.1 Å². The third-order valence-electron chi connectivity index (χ3n) is 1.95. The predicted molar refractivity (Wildman–Crippen MR) is 65.1 cm³/mol. The molecular formula is C9H23NaO3PS+. The second-order valence-corrected chi connectivity index (χ2v) is 7.62. The molecule has 0 rings (SSSR count). The van der Waals surface area contributed by atoms with Crippen LogP contribution in [0.15, 0.2) is 0 Å². The molecule has 0 fully saturated rings. The maximum atomic E-state index is 10.8. The summed E-state index contributed by atoms with van der Waals surface area (Å²) in [5.74, 6) is 2.86. The van der Waals surface area contributed by atoms with E-state index in [0.717, 1.165) is 36.5 Å². The molecule has 0 aliphatic rings.